The van der Waals surface area contributed by atoms with Gasteiger partial charge < -0.3 is 10.2 Å². The molecule has 0 aliphatic heterocycles. The molecule has 3 N–H and O–H groups in total. The summed E-state index contributed by atoms with van der Waals surface area (Å²) in [6, 6.07) is 10.0. The molecule has 100 valence electrons. The number of carbonyl (C=O) groups excluding carboxylic acids is 1. The fraction of sp³-hybridized carbons (Fsp3) is 0.0667. The van der Waals surface area contributed by atoms with Gasteiger partial charge in [-0.25, -0.2) is 4.79 Å². The van der Waals surface area contributed by atoms with E-state index in [1.807, 2.05) is 6.92 Å². The molecule has 5 nitrogen and oxygen atoms in total. The van der Waals surface area contributed by atoms with Gasteiger partial charge in [-0.1, -0.05) is 0 Å². The molecule has 0 unspecified atom stereocenters. The average Bonchev–Trinajstić information content (AvgIpc) is 2.75. The standard InChI is InChI=1S/C15H12N2O3/c1-8-4-10(6-11(16)5-8)14(18)9-2-3-12-13(7-9)20-15(19)17-12/h2-7H,16H2,1H3,(H,17,19). The molecule has 2 aromatic carbocycles. The summed E-state index contributed by atoms with van der Waals surface area (Å²) in [5, 5.41) is 0. The first-order valence-electron chi connectivity index (χ1n) is 6.08. The third-order valence-electron chi connectivity index (χ3n) is 3.05. The summed E-state index contributed by atoms with van der Waals surface area (Å²) in [6.07, 6.45) is 0. The highest BCUT2D eigenvalue weighted by molar-refractivity contribution is 6.10. The Bertz CT molecular complexity index is 854. The molecule has 20 heavy (non-hydrogen) atoms. The predicted molar refractivity (Wildman–Crippen MR) is 75.9 cm³/mol. The Morgan fingerprint density at radius 1 is 1.15 bits per heavy atom. The Morgan fingerprint density at radius 3 is 2.70 bits per heavy atom. The first kappa shape index (κ1) is 12.2. The van der Waals surface area contributed by atoms with Gasteiger partial charge in [0.25, 0.3) is 0 Å². The number of anilines is 1. The van der Waals surface area contributed by atoms with Gasteiger partial charge in [0, 0.05) is 16.8 Å². The van der Waals surface area contributed by atoms with Gasteiger partial charge in [0.2, 0.25) is 0 Å². The van der Waals surface area contributed by atoms with Crippen molar-refractivity contribution >= 4 is 22.6 Å². The highest BCUT2D eigenvalue weighted by Crippen LogP contribution is 2.18. The molecule has 0 radical (unpaired) electrons. The van der Waals surface area contributed by atoms with E-state index in [9.17, 15) is 9.59 Å². The number of carbonyl (C=O) groups is 1. The number of rotatable bonds is 2. The number of hydrogen-bond acceptors (Lipinski definition) is 4. The van der Waals surface area contributed by atoms with Gasteiger partial charge >= 0.3 is 5.76 Å². The van der Waals surface area contributed by atoms with Gasteiger partial charge in [0.05, 0.1) is 5.52 Å². The number of nitrogen functional groups attached to an aromatic ring is 1. The van der Waals surface area contributed by atoms with Crippen LogP contribution in [0.25, 0.3) is 11.1 Å². The first-order valence-corrected chi connectivity index (χ1v) is 6.08. The van der Waals surface area contributed by atoms with Crippen molar-refractivity contribution in [3.8, 4) is 0 Å². The van der Waals surface area contributed by atoms with Crippen LogP contribution < -0.4 is 11.5 Å². The maximum Gasteiger partial charge on any atom is 0.417 e. The zero-order valence-corrected chi connectivity index (χ0v) is 10.8. The van der Waals surface area contributed by atoms with Crippen LogP contribution in [0.1, 0.15) is 21.5 Å². The van der Waals surface area contributed by atoms with Crippen molar-refractivity contribution in [3.05, 3.63) is 63.6 Å². The van der Waals surface area contributed by atoms with E-state index < -0.39 is 5.76 Å². The third-order valence-corrected chi connectivity index (χ3v) is 3.05. The number of aryl methyl sites for hydroxylation is 1. The molecule has 1 aromatic heterocycles. The molecule has 0 fully saturated rings. The third kappa shape index (κ3) is 2.09. The molecule has 1 heterocycles. The van der Waals surface area contributed by atoms with E-state index in [2.05, 4.69) is 4.98 Å². The van der Waals surface area contributed by atoms with Gasteiger partial charge in [-0.05, 0) is 48.9 Å². The fourth-order valence-electron chi connectivity index (χ4n) is 2.20. The van der Waals surface area contributed by atoms with Crippen LogP contribution >= 0.6 is 0 Å². The molecule has 0 amide bonds. The van der Waals surface area contributed by atoms with Crippen molar-refractivity contribution in [1.82, 2.24) is 4.98 Å². The van der Waals surface area contributed by atoms with Crippen LogP contribution in [-0.2, 0) is 0 Å². The van der Waals surface area contributed by atoms with E-state index in [0.29, 0.717) is 27.9 Å². The van der Waals surface area contributed by atoms with Crippen LogP contribution in [0, 0.1) is 6.92 Å². The molecule has 3 aromatic rings. The lowest BCUT2D eigenvalue weighted by Crippen LogP contribution is -2.02. The number of oxazole rings is 1. The summed E-state index contributed by atoms with van der Waals surface area (Å²) in [5.74, 6) is -0.699. The maximum atomic E-state index is 12.4. The summed E-state index contributed by atoms with van der Waals surface area (Å²) in [5.41, 5.74) is 9.11. The molecule has 0 aliphatic rings. The highest BCUT2D eigenvalue weighted by Gasteiger charge is 2.12. The second-order valence-corrected chi connectivity index (χ2v) is 4.69. The largest absolute Gasteiger partial charge is 0.417 e. The first-order chi connectivity index (χ1) is 9.52. The minimum atomic E-state index is -0.538. The summed E-state index contributed by atoms with van der Waals surface area (Å²) in [6.45, 7) is 1.88. The Labute approximate surface area is 114 Å². The molecule has 0 aliphatic carbocycles. The van der Waals surface area contributed by atoms with Crippen molar-refractivity contribution < 1.29 is 9.21 Å². The summed E-state index contributed by atoms with van der Waals surface area (Å²) in [4.78, 5) is 26.1. The number of hydrogen-bond donors (Lipinski definition) is 2. The lowest BCUT2D eigenvalue weighted by atomic mass is 10.0. The number of ketones is 1. The lowest BCUT2D eigenvalue weighted by Gasteiger charge is -2.04. The SMILES string of the molecule is Cc1cc(N)cc(C(=O)c2ccc3[nH]c(=O)oc3c2)c1. The summed E-state index contributed by atoms with van der Waals surface area (Å²) < 4.78 is 4.95. The Kier molecular flexibility index (Phi) is 2.68. The van der Waals surface area contributed by atoms with Crippen molar-refractivity contribution in [2.45, 2.75) is 6.92 Å². The molecule has 3 rings (SSSR count). The summed E-state index contributed by atoms with van der Waals surface area (Å²) in [7, 11) is 0. The number of benzene rings is 2. The molecule has 0 bridgehead atoms. The number of aromatic amines is 1. The van der Waals surface area contributed by atoms with Crippen LogP contribution in [0.5, 0.6) is 0 Å². The lowest BCUT2D eigenvalue weighted by molar-refractivity contribution is 0.103. The topological polar surface area (TPSA) is 89.1 Å². The number of nitrogens with one attached hydrogen (secondary N) is 1. The summed E-state index contributed by atoms with van der Waals surface area (Å²) >= 11 is 0. The van der Waals surface area contributed by atoms with Gasteiger partial charge in [0.1, 0.15) is 0 Å². The van der Waals surface area contributed by atoms with Crippen LogP contribution in [0.15, 0.2) is 45.6 Å². The van der Waals surface area contributed by atoms with Gasteiger partial charge in [-0.15, -0.1) is 0 Å². The zero-order valence-electron chi connectivity index (χ0n) is 10.8. The quantitative estimate of drug-likeness (QED) is 0.551. The van der Waals surface area contributed by atoms with Gasteiger partial charge in [-0.2, -0.15) is 0 Å². The molecule has 0 saturated carbocycles. The van der Waals surface area contributed by atoms with Crippen molar-refractivity contribution in [3.63, 3.8) is 0 Å². The number of nitrogens with two attached hydrogens (primary N) is 1. The monoisotopic (exact) mass is 268 g/mol. The minimum Gasteiger partial charge on any atom is -0.408 e. The number of H-pyrrole nitrogens is 1. The van der Waals surface area contributed by atoms with Crippen molar-refractivity contribution in [1.29, 1.82) is 0 Å². The molecular weight excluding hydrogens is 256 g/mol. The highest BCUT2D eigenvalue weighted by atomic mass is 16.4. The van der Waals surface area contributed by atoms with Crippen LogP contribution in [0.2, 0.25) is 0 Å². The fourth-order valence-corrected chi connectivity index (χ4v) is 2.20. The van der Waals surface area contributed by atoms with E-state index in [-0.39, 0.29) is 5.78 Å². The van der Waals surface area contributed by atoms with E-state index in [1.54, 1.807) is 36.4 Å². The van der Waals surface area contributed by atoms with Gasteiger partial charge in [-0.3, -0.25) is 9.78 Å². The molecule has 0 spiro atoms. The van der Waals surface area contributed by atoms with E-state index in [0.717, 1.165) is 5.56 Å². The number of aromatic nitrogens is 1. The molecular formula is C15H12N2O3. The average molecular weight is 268 g/mol. The zero-order chi connectivity index (χ0) is 14.3. The Hall–Kier alpha value is -2.82. The second-order valence-electron chi connectivity index (χ2n) is 4.69. The molecule has 0 saturated heterocycles. The predicted octanol–water partition coefficient (Wildman–Crippen LogP) is 2.24. The second kappa shape index (κ2) is 4.38. The van der Waals surface area contributed by atoms with Crippen molar-refractivity contribution in [2.24, 2.45) is 0 Å². The van der Waals surface area contributed by atoms with E-state index >= 15 is 0 Å². The molecule has 0 atom stereocenters. The van der Waals surface area contributed by atoms with E-state index in [4.69, 9.17) is 10.2 Å². The maximum absolute atomic E-state index is 12.4. The normalized spacial score (nSPS) is 10.8. The van der Waals surface area contributed by atoms with Crippen LogP contribution in [0.4, 0.5) is 5.69 Å². The van der Waals surface area contributed by atoms with E-state index in [1.165, 1.54) is 0 Å². The smallest absolute Gasteiger partial charge is 0.408 e. The Balaban J connectivity index is 2.09. The minimum absolute atomic E-state index is 0.161. The van der Waals surface area contributed by atoms with Gasteiger partial charge in [0.15, 0.2) is 11.4 Å². The Morgan fingerprint density at radius 2 is 1.95 bits per heavy atom. The van der Waals surface area contributed by atoms with Crippen LogP contribution in [-0.4, -0.2) is 10.8 Å². The molecule has 5 heteroatoms. The van der Waals surface area contributed by atoms with Crippen molar-refractivity contribution in [2.75, 3.05) is 5.73 Å². The number of fused-ring (bicyclic) bond motifs is 1. The van der Waals surface area contributed by atoms with Crippen LogP contribution in [0.3, 0.4) is 0 Å².